The largest absolute Gasteiger partial charge is 0.508 e. The van der Waals surface area contributed by atoms with E-state index in [2.05, 4.69) is 5.32 Å². The van der Waals surface area contributed by atoms with Gasteiger partial charge in [0.05, 0.1) is 10.9 Å². The number of carboxylic acid groups (broad SMARTS) is 1. The molecule has 8 nitrogen and oxygen atoms in total. The van der Waals surface area contributed by atoms with Crippen LogP contribution in [0, 0.1) is 6.92 Å². The number of aliphatic hydroxyl groups is 1. The molecule has 0 aromatic heterocycles. The van der Waals surface area contributed by atoms with Crippen molar-refractivity contribution in [1.82, 2.24) is 10.2 Å². The van der Waals surface area contributed by atoms with Crippen molar-refractivity contribution in [3.63, 3.8) is 0 Å². The topological polar surface area (TPSA) is 127 Å². The van der Waals surface area contributed by atoms with Gasteiger partial charge in [0, 0.05) is 24.1 Å². The number of phenolic OH excluding ortho intramolecular Hbond substituents is 1. The number of aromatic hydroxyl groups is 1. The third-order valence-electron chi connectivity index (χ3n) is 6.15. The lowest BCUT2D eigenvalue weighted by atomic mass is 10.0. The van der Waals surface area contributed by atoms with Crippen LogP contribution in [0.25, 0.3) is 0 Å². The average Bonchev–Trinajstić information content (AvgIpc) is 3.06. The number of nitrogens with zero attached hydrogens (tertiary/aromatic N) is 1. The van der Waals surface area contributed by atoms with Gasteiger partial charge in [0.1, 0.15) is 11.8 Å². The minimum atomic E-state index is -4.46. The molecule has 0 spiro atoms. The summed E-state index contributed by atoms with van der Waals surface area (Å²) in [6.45, 7) is 1.11. The predicted octanol–water partition coefficient (Wildman–Crippen LogP) is 3.06. The van der Waals surface area contributed by atoms with Crippen molar-refractivity contribution in [2.75, 3.05) is 6.54 Å². The van der Waals surface area contributed by atoms with Crippen LogP contribution < -0.4 is 5.32 Å². The van der Waals surface area contributed by atoms with E-state index in [0.717, 1.165) is 12.1 Å². The van der Waals surface area contributed by atoms with Crippen molar-refractivity contribution in [2.24, 2.45) is 0 Å². The van der Waals surface area contributed by atoms with Crippen LogP contribution in [0.1, 0.15) is 39.9 Å². The highest BCUT2D eigenvalue weighted by Gasteiger charge is 2.60. The zero-order chi connectivity index (χ0) is 26.8. The normalized spacial score (nSPS) is 21.9. The first-order valence-electron chi connectivity index (χ1n) is 10.9. The molecule has 2 amide bonds. The average molecular weight is 529 g/mol. The number of nitrogens with one attached hydrogen (secondary N) is 1. The summed E-state index contributed by atoms with van der Waals surface area (Å²) in [6.07, 6.45) is -4.27. The quantitative estimate of drug-likeness (QED) is 0.409. The second kappa shape index (κ2) is 10.4. The summed E-state index contributed by atoms with van der Waals surface area (Å²) in [5.74, 6) is -3.49. The second-order valence-electron chi connectivity index (χ2n) is 8.50. The standard InChI is InChI=1S/C24H24ClF3N2O6/c1-13-16(5-3-6-18(13)31)21(33)29-20-17(25)12-30(23(20,36)22(34)35)19(32)7-2-4-14-8-10-15(11-9-14)24(26,27)28/h3,5-6,8-11,17,20,31,36H,2,4,7,12H2,1H3,(H,29,33)(H,34,35)/t17?,20?,23-/m1/s1. The van der Waals surface area contributed by atoms with E-state index in [-0.39, 0.29) is 42.7 Å². The zero-order valence-corrected chi connectivity index (χ0v) is 19.8. The maximum Gasteiger partial charge on any atom is 0.416 e. The molecule has 1 saturated heterocycles. The molecule has 2 unspecified atom stereocenters. The Morgan fingerprint density at radius 1 is 1.17 bits per heavy atom. The van der Waals surface area contributed by atoms with Crippen LogP contribution in [0.3, 0.4) is 0 Å². The Kier molecular flexibility index (Phi) is 7.85. The minimum Gasteiger partial charge on any atom is -0.508 e. The molecular formula is C24H24ClF3N2O6. The number of likely N-dealkylation sites (tertiary alicyclic amines) is 1. The molecule has 3 rings (SSSR count). The fourth-order valence-electron chi connectivity index (χ4n) is 4.10. The van der Waals surface area contributed by atoms with Crippen molar-refractivity contribution < 1.29 is 42.9 Å². The lowest BCUT2D eigenvalue weighted by Crippen LogP contribution is -2.63. The minimum absolute atomic E-state index is 0.0351. The third kappa shape index (κ3) is 5.41. The van der Waals surface area contributed by atoms with Crippen LogP contribution in [0.2, 0.25) is 0 Å². The smallest absolute Gasteiger partial charge is 0.416 e. The molecule has 0 bridgehead atoms. The van der Waals surface area contributed by atoms with E-state index in [1.807, 2.05) is 0 Å². The Balaban J connectivity index is 1.70. The SMILES string of the molecule is Cc1c(O)cccc1C(=O)NC1C(Cl)CN(C(=O)CCCc2ccc(C(F)(F)F)cc2)[C@]1(O)C(=O)O. The predicted molar refractivity (Wildman–Crippen MR) is 122 cm³/mol. The Bertz CT molecular complexity index is 1160. The molecule has 4 N–H and O–H groups in total. The van der Waals surface area contributed by atoms with E-state index >= 15 is 0 Å². The number of aliphatic carboxylic acids is 1. The van der Waals surface area contributed by atoms with E-state index in [0.29, 0.717) is 10.5 Å². The van der Waals surface area contributed by atoms with E-state index in [9.17, 15) is 42.9 Å². The van der Waals surface area contributed by atoms with E-state index in [4.69, 9.17) is 11.6 Å². The molecule has 1 fully saturated rings. The highest BCUT2D eigenvalue weighted by atomic mass is 35.5. The van der Waals surface area contributed by atoms with Crippen LogP contribution >= 0.6 is 11.6 Å². The van der Waals surface area contributed by atoms with Gasteiger partial charge in [-0.3, -0.25) is 9.59 Å². The number of rotatable bonds is 7. The number of benzene rings is 2. The zero-order valence-electron chi connectivity index (χ0n) is 19.1. The molecule has 36 heavy (non-hydrogen) atoms. The lowest BCUT2D eigenvalue weighted by molar-refractivity contribution is -0.185. The summed E-state index contributed by atoms with van der Waals surface area (Å²) in [4.78, 5) is 38.3. The van der Waals surface area contributed by atoms with Crippen LogP contribution in [0.5, 0.6) is 5.75 Å². The van der Waals surface area contributed by atoms with Crippen LogP contribution in [-0.2, 0) is 22.2 Å². The van der Waals surface area contributed by atoms with Gasteiger partial charge in [-0.05, 0) is 49.6 Å². The highest BCUT2D eigenvalue weighted by molar-refractivity contribution is 6.22. The van der Waals surface area contributed by atoms with Gasteiger partial charge in [0.2, 0.25) is 5.91 Å². The highest BCUT2D eigenvalue weighted by Crippen LogP contribution is 2.33. The first-order valence-corrected chi connectivity index (χ1v) is 11.4. The second-order valence-corrected chi connectivity index (χ2v) is 9.06. The molecule has 3 atom stereocenters. The molecular weight excluding hydrogens is 505 g/mol. The van der Waals surface area contributed by atoms with Crippen molar-refractivity contribution in [3.8, 4) is 5.75 Å². The third-order valence-corrected chi connectivity index (χ3v) is 6.54. The molecule has 0 saturated carbocycles. The lowest BCUT2D eigenvalue weighted by Gasteiger charge is -2.34. The number of aryl methyl sites for hydroxylation is 1. The Morgan fingerprint density at radius 2 is 1.81 bits per heavy atom. The number of alkyl halides is 4. The van der Waals surface area contributed by atoms with E-state index in [1.165, 1.54) is 37.3 Å². The Labute approximate surface area is 209 Å². The summed E-state index contributed by atoms with van der Waals surface area (Å²) >= 11 is 6.26. The van der Waals surface area contributed by atoms with Crippen molar-refractivity contribution in [3.05, 3.63) is 64.7 Å². The molecule has 0 aliphatic carbocycles. The summed E-state index contributed by atoms with van der Waals surface area (Å²) in [5, 5.41) is 31.8. The number of carbonyl (C=O) groups is 3. The van der Waals surface area contributed by atoms with Crippen LogP contribution in [-0.4, -0.2) is 61.7 Å². The maximum atomic E-state index is 12.8. The van der Waals surface area contributed by atoms with Gasteiger partial charge < -0.3 is 25.5 Å². The van der Waals surface area contributed by atoms with Crippen molar-refractivity contribution in [2.45, 2.75) is 49.5 Å². The molecule has 2 aromatic rings. The summed E-state index contributed by atoms with van der Waals surface area (Å²) in [6, 6.07) is 7.06. The van der Waals surface area contributed by atoms with Crippen LogP contribution in [0.4, 0.5) is 13.2 Å². The van der Waals surface area contributed by atoms with E-state index in [1.54, 1.807) is 0 Å². The number of hydrogen-bond donors (Lipinski definition) is 4. The molecule has 2 aromatic carbocycles. The van der Waals surface area contributed by atoms with Gasteiger partial charge >= 0.3 is 12.1 Å². The molecule has 194 valence electrons. The number of hydrogen-bond acceptors (Lipinski definition) is 5. The van der Waals surface area contributed by atoms with Crippen LogP contribution in [0.15, 0.2) is 42.5 Å². The summed E-state index contributed by atoms with van der Waals surface area (Å²) in [7, 11) is 0. The number of amides is 2. The monoisotopic (exact) mass is 528 g/mol. The number of halogens is 4. The summed E-state index contributed by atoms with van der Waals surface area (Å²) < 4.78 is 38.1. The van der Waals surface area contributed by atoms with Gasteiger partial charge in [-0.1, -0.05) is 18.2 Å². The van der Waals surface area contributed by atoms with Gasteiger partial charge in [-0.15, -0.1) is 11.6 Å². The first-order chi connectivity index (χ1) is 16.8. The molecule has 12 heteroatoms. The number of carbonyl (C=O) groups excluding carboxylic acids is 2. The Hall–Kier alpha value is -3.31. The number of carboxylic acids is 1. The Morgan fingerprint density at radius 3 is 2.39 bits per heavy atom. The first kappa shape index (κ1) is 27.3. The van der Waals surface area contributed by atoms with Gasteiger partial charge in [0.15, 0.2) is 0 Å². The summed E-state index contributed by atoms with van der Waals surface area (Å²) in [5.41, 5.74) is -2.82. The van der Waals surface area contributed by atoms with E-state index < -0.39 is 46.7 Å². The molecule has 1 aliphatic heterocycles. The molecule has 1 heterocycles. The van der Waals surface area contributed by atoms with Crippen molar-refractivity contribution >= 4 is 29.4 Å². The van der Waals surface area contributed by atoms with Gasteiger partial charge in [-0.25, -0.2) is 4.79 Å². The fourth-order valence-corrected chi connectivity index (χ4v) is 4.47. The number of phenols is 1. The molecule has 1 aliphatic rings. The van der Waals surface area contributed by atoms with Gasteiger partial charge in [0.25, 0.3) is 11.6 Å². The van der Waals surface area contributed by atoms with Gasteiger partial charge in [-0.2, -0.15) is 13.2 Å². The van der Waals surface area contributed by atoms with Crippen molar-refractivity contribution in [1.29, 1.82) is 0 Å². The maximum absolute atomic E-state index is 12.8. The fraction of sp³-hybridized carbons (Fsp3) is 0.375. The molecule has 0 radical (unpaired) electrons.